The first-order valence-electron chi connectivity index (χ1n) is 11.7. The summed E-state index contributed by atoms with van der Waals surface area (Å²) >= 11 is 0. The number of fused-ring (bicyclic) bond motifs is 2. The van der Waals surface area contributed by atoms with Gasteiger partial charge in [-0.2, -0.15) is 0 Å². The summed E-state index contributed by atoms with van der Waals surface area (Å²) < 4.78 is 6.23. The number of rotatable bonds is 9. The zero-order valence-electron chi connectivity index (χ0n) is 18.9. The van der Waals surface area contributed by atoms with Crippen molar-refractivity contribution in [3.8, 4) is 0 Å². The van der Waals surface area contributed by atoms with Crippen LogP contribution in [0.2, 0.25) is 0 Å². The third kappa shape index (κ3) is 4.66. The maximum atomic E-state index is 10.8. The highest BCUT2D eigenvalue weighted by molar-refractivity contribution is 5.73. The van der Waals surface area contributed by atoms with Crippen LogP contribution in [0.15, 0.2) is 23.8 Å². The summed E-state index contributed by atoms with van der Waals surface area (Å²) in [5, 5.41) is 18.7. The molecule has 4 unspecified atom stereocenters. The molecule has 5 nitrogen and oxygen atoms in total. The summed E-state index contributed by atoms with van der Waals surface area (Å²) in [5.41, 5.74) is 1.50. The first kappa shape index (κ1) is 23.1. The number of hydrogen-bond donors (Lipinski definition) is 2. The Hall–Kier alpha value is -1.62. The SMILES string of the molecule is CC[C@H](C)C(=[OH+])OC1C[C@@H](C)C=C2C=C[C@H](C)C3(CC3CCC[C@H](O)CC(=O)O)C21. The molecule has 0 heterocycles. The van der Waals surface area contributed by atoms with Crippen molar-refractivity contribution < 1.29 is 24.5 Å². The quantitative estimate of drug-likeness (QED) is 0.418. The number of allylic oxidation sites excluding steroid dienone is 3. The predicted molar refractivity (Wildman–Crippen MR) is 118 cm³/mol. The number of hydrogen-bond acceptors (Lipinski definition) is 3. The molecule has 0 aromatic rings. The molecule has 5 heteroatoms. The zero-order valence-corrected chi connectivity index (χ0v) is 18.9. The lowest BCUT2D eigenvalue weighted by atomic mass is 9.63. The van der Waals surface area contributed by atoms with E-state index in [2.05, 4.69) is 39.0 Å². The van der Waals surface area contributed by atoms with Gasteiger partial charge in [-0.3, -0.25) is 4.79 Å². The van der Waals surface area contributed by atoms with Crippen LogP contribution in [0.5, 0.6) is 0 Å². The van der Waals surface area contributed by atoms with Gasteiger partial charge in [-0.15, -0.1) is 0 Å². The molecule has 8 atom stereocenters. The molecule has 0 bridgehead atoms. The lowest BCUT2D eigenvalue weighted by Crippen LogP contribution is -2.43. The fraction of sp³-hybridized carbons (Fsp3) is 0.760. The molecular weight excluding hydrogens is 380 g/mol. The largest absolute Gasteiger partial charge is 0.485 e. The van der Waals surface area contributed by atoms with Gasteiger partial charge in [0.25, 0.3) is 0 Å². The van der Waals surface area contributed by atoms with Crippen molar-refractivity contribution >= 4 is 11.9 Å². The Bertz CT molecular complexity index is 710. The number of ether oxygens (including phenoxy) is 1. The van der Waals surface area contributed by atoms with Crippen molar-refractivity contribution in [2.45, 2.75) is 84.8 Å². The number of carbonyl (C=O) groups is 1. The van der Waals surface area contributed by atoms with Crippen LogP contribution < -0.4 is 0 Å². The van der Waals surface area contributed by atoms with Crippen molar-refractivity contribution in [2.75, 3.05) is 0 Å². The summed E-state index contributed by atoms with van der Waals surface area (Å²) in [6.45, 7) is 8.56. The fourth-order valence-corrected chi connectivity index (χ4v) is 5.89. The van der Waals surface area contributed by atoms with E-state index in [9.17, 15) is 14.7 Å². The zero-order chi connectivity index (χ0) is 22.1. The van der Waals surface area contributed by atoms with E-state index < -0.39 is 12.1 Å². The van der Waals surface area contributed by atoms with Gasteiger partial charge < -0.3 is 19.7 Å². The van der Waals surface area contributed by atoms with E-state index in [0.29, 0.717) is 24.2 Å². The molecule has 0 aliphatic heterocycles. The molecule has 3 N–H and O–H groups in total. The molecule has 3 rings (SSSR count). The number of carboxylic acids is 1. The molecular formula is C25H39O5+. The predicted octanol–water partition coefficient (Wildman–Crippen LogP) is 4.72. The summed E-state index contributed by atoms with van der Waals surface area (Å²) in [7, 11) is 0. The van der Waals surface area contributed by atoms with Crippen molar-refractivity contribution in [2.24, 2.45) is 35.0 Å². The topological polar surface area (TPSA) is 88.2 Å². The van der Waals surface area contributed by atoms with Crippen LogP contribution in [0.25, 0.3) is 0 Å². The normalized spacial score (nSPS) is 36.6. The van der Waals surface area contributed by atoms with E-state index in [0.717, 1.165) is 32.1 Å². The summed E-state index contributed by atoms with van der Waals surface area (Å²) in [6, 6.07) is 0. The molecule has 0 saturated heterocycles. The molecule has 0 aromatic heterocycles. The molecule has 0 amide bonds. The van der Waals surface area contributed by atoms with Crippen LogP contribution in [-0.2, 0) is 9.53 Å². The molecule has 1 spiro atoms. The van der Waals surface area contributed by atoms with Gasteiger partial charge in [0, 0.05) is 6.42 Å². The van der Waals surface area contributed by atoms with E-state index in [1.165, 1.54) is 5.57 Å². The second-order valence-electron chi connectivity index (χ2n) is 10.0. The van der Waals surface area contributed by atoms with E-state index >= 15 is 0 Å². The third-order valence-corrected chi connectivity index (χ3v) is 7.82. The van der Waals surface area contributed by atoms with Gasteiger partial charge in [0.1, 0.15) is 5.92 Å². The highest BCUT2D eigenvalue weighted by Crippen LogP contribution is 2.69. The van der Waals surface area contributed by atoms with Crippen molar-refractivity contribution in [1.29, 1.82) is 0 Å². The fourth-order valence-electron chi connectivity index (χ4n) is 5.89. The van der Waals surface area contributed by atoms with Gasteiger partial charge >= 0.3 is 11.9 Å². The Morgan fingerprint density at radius 3 is 2.80 bits per heavy atom. The molecule has 168 valence electrons. The lowest BCUT2D eigenvalue weighted by Gasteiger charge is -2.42. The van der Waals surface area contributed by atoms with Gasteiger partial charge in [-0.05, 0) is 61.3 Å². The van der Waals surface area contributed by atoms with Crippen LogP contribution in [0, 0.1) is 35.0 Å². The van der Waals surface area contributed by atoms with Crippen LogP contribution in [0.4, 0.5) is 0 Å². The highest BCUT2D eigenvalue weighted by Gasteiger charge is 2.66. The maximum absolute atomic E-state index is 10.8. The average molecular weight is 420 g/mol. The van der Waals surface area contributed by atoms with E-state index in [1.54, 1.807) is 0 Å². The molecule has 1 fully saturated rings. The highest BCUT2D eigenvalue weighted by atomic mass is 16.5. The summed E-state index contributed by atoms with van der Waals surface area (Å²) in [5.74, 6) is 0.959. The van der Waals surface area contributed by atoms with Crippen LogP contribution in [0.3, 0.4) is 0 Å². The number of carboxylic acid groups (broad SMARTS) is 1. The first-order valence-corrected chi connectivity index (χ1v) is 11.7. The van der Waals surface area contributed by atoms with Crippen LogP contribution in [-0.4, -0.2) is 39.2 Å². The first-order chi connectivity index (χ1) is 14.2. The number of esters is 1. The van der Waals surface area contributed by atoms with Crippen molar-refractivity contribution in [3.63, 3.8) is 0 Å². The van der Waals surface area contributed by atoms with Gasteiger partial charge in [-0.1, -0.05) is 45.4 Å². The number of aliphatic carboxylic acids is 1. The van der Waals surface area contributed by atoms with E-state index in [-0.39, 0.29) is 35.7 Å². The van der Waals surface area contributed by atoms with Gasteiger partial charge in [-0.25, -0.2) is 0 Å². The standard InChI is InChI=1S/C25H38O5/c1-5-16(3)24(29)30-21-12-15(2)11-18-10-9-17(4)25(23(18)21)14-19(25)7-6-8-20(26)13-22(27)28/h9-11,15-17,19-21,23,26H,5-8,12-14H2,1-4H3,(H,27,28)/p+1/t15-,16-,17-,19?,20-,21?,23?,25?/m0/s1. The molecule has 0 aromatic carbocycles. The minimum absolute atomic E-state index is 0.0102. The van der Waals surface area contributed by atoms with Crippen molar-refractivity contribution in [3.05, 3.63) is 23.8 Å². The van der Waals surface area contributed by atoms with E-state index in [4.69, 9.17) is 9.84 Å². The molecule has 0 radical (unpaired) electrons. The maximum Gasteiger partial charge on any atom is 0.485 e. The lowest BCUT2D eigenvalue weighted by molar-refractivity contribution is -0.139. The van der Waals surface area contributed by atoms with Gasteiger partial charge in [0.05, 0.1) is 18.4 Å². The Morgan fingerprint density at radius 1 is 1.40 bits per heavy atom. The third-order valence-electron chi connectivity index (χ3n) is 7.82. The van der Waals surface area contributed by atoms with E-state index in [1.807, 2.05) is 6.92 Å². The Labute approximate surface area is 180 Å². The molecule has 1 saturated carbocycles. The second kappa shape index (κ2) is 9.25. The molecule has 3 aliphatic rings. The Morgan fingerprint density at radius 2 is 2.13 bits per heavy atom. The van der Waals surface area contributed by atoms with Crippen LogP contribution in [0.1, 0.15) is 72.6 Å². The Kier molecular flexibility index (Phi) is 7.11. The minimum atomic E-state index is -0.945. The molecule has 3 aliphatic carbocycles. The van der Waals surface area contributed by atoms with Gasteiger partial charge in [0.15, 0.2) is 0 Å². The summed E-state index contributed by atoms with van der Waals surface area (Å²) in [4.78, 5) is 21.3. The molecule has 30 heavy (non-hydrogen) atoms. The monoisotopic (exact) mass is 419 g/mol. The number of carbonyl (C=O) groups excluding carboxylic acids is 1. The van der Waals surface area contributed by atoms with Crippen molar-refractivity contribution in [1.82, 2.24) is 0 Å². The number of aliphatic hydroxyl groups excluding tert-OH is 1. The minimum Gasteiger partial charge on any atom is -0.481 e. The average Bonchev–Trinajstić information content (AvgIpc) is 3.37. The number of aliphatic hydroxyl groups is 1. The smallest absolute Gasteiger partial charge is 0.481 e. The van der Waals surface area contributed by atoms with Crippen LogP contribution >= 0.6 is 0 Å². The second-order valence-corrected chi connectivity index (χ2v) is 10.0. The Balaban J connectivity index is 1.72. The summed E-state index contributed by atoms with van der Waals surface area (Å²) in [6.07, 6.45) is 11.3. The van der Waals surface area contributed by atoms with Gasteiger partial charge in [0.2, 0.25) is 6.10 Å².